The van der Waals surface area contributed by atoms with Gasteiger partial charge in [0.2, 0.25) is 0 Å². The number of benzene rings is 1. The first-order valence-electron chi connectivity index (χ1n) is 7.55. The number of rotatable bonds is 5. The highest BCUT2D eigenvalue weighted by molar-refractivity contribution is 5.23. The maximum absolute atomic E-state index is 14.0. The van der Waals surface area contributed by atoms with E-state index in [9.17, 15) is 8.78 Å². The number of hydrogen-bond donors (Lipinski definition) is 1. The molecule has 0 radical (unpaired) electrons. The van der Waals surface area contributed by atoms with Gasteiger partial charge in [0, 0.05) is 18.7 Å². The van der Waals surface area contributed by atoms with Crippen molar-refractivity contribution in [2.75, 3.05) is 40.3 Å². The second-order valence-electron chi connectivity index (χ2n) is 6.14. The summed E-state index contributed by atoms with van der Waals surface area (Å²) in [5, 5.41) is 0. The zero-order valence-electron chi connectivity index (χ0n) is 12.9. The maximum Gasteiger partial charge on any atom is 0.163 e. The molecule has 1 atom stereocenters. The van der Waals surface area contributed by atoms with Crippen molar-refractivity contribution in [2.24, 2.45) is 11.7 Å². The highest BCUT2D eigenvalue weighted by atomic mass is 19.2. The van der Waals surface area contributed by atoms with Gasteiger partial charge in [-0.1, -0.05) is 12.1 Å². The monoisotopic (exact) mass is 297 g/mol. The molecule has 0 amide bonds. The van der Waals surface area contributed by atoms with Crippen molar-refractivity contribution in [3.63, 3.8) is 0 Å². The summed E-state index contributed by atoms with van der Waals surface area (Å²) in [6.07, 6.45) is 2.15. The van der Waals surface area contributed by atoms with Crippen LogP contribution in [-0.2, 0) is 0 Å². The van der Waals surface area contributed by atoms with E-state index in [0.717, 1.165) is 38.5 Å². The van der Waals surface area contributed by atoms with Crippen LogP contribution in [0.3, 0.4) is 0 Å². The van der Waals surface area contributed by atoms with Crippen LogP contribution in [0.15, 0.2) is 18.2 Å². The van der Waals surface area contributed by atoms with Crippen LogP contribution in [0, 0.1) is 17.6 Å². The number of nitrogens with zero attached hydrogens (tertiary/aromatic N) is 2. The number of piperidine rings is 1. The van der Waals surface area contributed by atoms with Crippen molar-refractivity contribution in [3.05, 3.63) is 35.4 Å². The summed E-state index contributed by atoms with van der Waals surface area (Å²) in [5.74, 6) is -0.885. The Kier molecular flexibility index (Phi) is 5.67. The lowest BCUT2D eigenvalue weighted by Crippen LogP contribution is -2.42. The number of hydrogen-bond acceptors (Lipinski definition) is 3. The molecule has 5 heteroatoms. The SMILES string of the molecule is CN(C)CC1CCN(C(CN)c2cccc(F)c2F)CC1. The summed E-state index contributed by atoms with van der Waals surface area (Å²) >= 11 is 0. The van der Waals surface area contributed by atoms with Gasteiger partial charge >= 0.3 is 0 Å². The fourth-order valence-corrected chi connectivity index (χ4v) is 3.21. The lowest BCUT2D eigenvalue weighted by molar-refractivity contribution is 0.120. The third-order valence-electron chi connectivity index (χ3n) is 4.28. The number of nitrogens with two attached hydrogens (primary N) is 1. The van der Waals surface area contributed by atoms with E-state index in [0.29, 0.717) is 18.0 Å². The van der Waals surface area contributed by atoms with Crippen LogP contribution in [-0.4, -0.2) is 50.1 Å². The van der Waals surface area contributed by atoms with Crippen molar-refractivity contribution >= 4 is 0 Å². The molecule has 2 N–H and O–H groups in total. The van der Waals surface area contributed by atoms with E-state index in [2.05, 4.69) is 23.9 Å². The van der Waals surface area contributed by atoms with Gasteiger partial charge in [0.1, 0.15) is 0 Å². The molecule has 2 rings (SSSR count). The normalized spacial score (nSPS) is 19.1. The molecule has 1 heterocycles. The molecule has 0 aliphatic carbocycles. The number of halogens is 2. The van der Waals surface area contributed by atoms with E-state index < -0.39 is 11.6 Å². The molecule has 0 aromatic heterocycles. The van der Waals surface area contributed by atoms with E-state index in [1.807, 2.05) is 0 Å². The first-order chi connectivity index (χ1) is 10.0. The average molecular weight is 297 g/mol. The summed E-state index contributed by atoms with van der Waals surface area (Å²) in [6.45, 7) is 3.15. The Hall–Kier alpha value is -1.04. The molecule has 1 saturated heterocycles. The zero-order chi connectivity index (χ0) is 15.4. The van der Waals surface area contributed by atoms with Crippen LogP contribution in [0.5, 0.6) is 0 Å². The third-order valence-corrected chi connectivity index (χ3v) is 4.28. The van der Waals surface area contributed by atoms with E-state index in [1.165, 1.54) is 0 Å². The first-order valence-corrected chi connectivity index (χ1v) is 7.55. The summed E-state index contributed by atoms with van der Waals surface area (Å²) in [5.41, 5.74) is 6.21. The molecule has 1 fully saturated rings. The van der Waals surface area contributed by atoms with Gasteiger partial charge in [0.05, 0.1) is 6.04 Å². The molecule has 0 saturated carbocycles. The fourth-order valence-electron chi connectivity index (χ4n) is 3.21. The Bertz CT molecular complexity index is 457. The van der Waals surface area contributed by atoms with Crippen molar-refractivity contribution in [3.8, 4) is 0 Å². The van der Waals surface area contributed by atoms with Gasteiger partial charge in [-0.2, -0.15) is 0 Å². The van der Waals surface area contributed by atoms with E-state index in [4.69, 9.17) is 5.73 Å². The summed E-state index contributed by atoms with van der Waals surface area (Å²) in [4.78, 5) is 4.39. The summed E-state index contributed by atoms with van der Waals surface area (Å²) in [6, 6.07) is 4.10. The van der Waals surface area contributed by atoms with Crippen LogP contribution >= 0.6 is 0 Å². The Morgan fingerprint density at radius 1 is 1.29 bits per heavy atom. The highest BCUT2D eigenvalue weighted by Gasteiger charge is 2.27. The van der Waals surface area contributed by atoms with Crippen LogP contribution in [0.2, 0.25) is 0 Å². The lowest BCUT2D eigenvalue weighted by atomic mass is 9.93. The fraction of sp³-hybridized carbons (Fsp3) is 0.625. The van der Waals surface area contributed by atoms with Crippen LogP contribution < -0.4 is 5.73 Å². The van der Waals surface area contributed by atoms with Crippen LogP contribution in [0.4, 0.5) is 8.78 Å². The molecular weight excluding hydrogens is 272 g/mol. The quantitative estimate of drug-likeness (QED) is 0.904. The molecule has 1 aromatic rings. The van der Waals surface area contributed by atoms with Crippen molar-refractivity contribution in [1.82, 2.24) is 9.80 Å². The minimum Gasteiger partial charge on any atom is -0.329 e. The Morgan fingerprint density at radius 2 is 1.95 bits per heavy atom. The van der Waals surface area contributed by atoms with E-state index in [-0.39, 0.29) is 6.04 Å². The second-order valence-corrected chi connectivity index (χ2v) is 6.14. The zero-order valence-corrected chi connectivity index (χ0v) is 12.9. The molecular formula is C16H25F2N3. The van der Waals surface area contributed by atoms with Crippen LogP contribution in [0.25, 0.3) is 0 Å². The molecule has 1 aliphatic rings. The topological polar surface area (TPSA) is 32.5 Å². The van der Waals surface area contributed by atoms with Gasteiger partial charge in [-0.05, 0) is 52.0 Å². The highest BCUT2D eigenvalue weighted by Crippen LogP contribution is 2.28. The summed E-state index contributed by atoms with van der Waals surface area (Å²) < 4.78 is 27.4. The largest absolute Gasteiger partial charge is 0.329 e. The molecule has 1 unspecified atom stereocenters. The predicted octanol–water partition coefficient (Wildman–Crippen LogP) is 2.24. The van der Waals surface area contributed by atoms with Crippen molar-refractivity contribution < 1.29 is 8.78 Å². The Balaban J connectivity index is 2.04. The van der Waals surface area contributed by atoms with Gasteiger partial charge in [-0.15, -0.1) is 0 Å². The molecule has 0 spiro atoms. The number of likely N-dealkylation sites (tertiary alicyclic amines) is 1. The molecule has 118 valence electrons. The van der Waals surface area contributed by atoms with Crippen molar-refractivity contribution in [2.45, 2.75) is 18.9 Å². The van der Waals surface area contributed by atoms with Crippen LogP contribution in [0.1, 0.15) is 24.4 Å². The van der Waals surface area contributed by atoms with Gasteiger partial charge in [-0.25, -0.2) is 8.78 Å². The minimum atomic E-state index is -0.798. The molecule has 21 heavy (non-hydrogen) atoms. The Morgan fingerprint density at radius 3 is 2.52 bits per heavy atom. The van der Waals surface area contributed by atoms with Gasteiger partial charge in [0.25, 0.3) is 0 Å². The maximum atomic E-state index is 14.0. The predicted molar refractivity (Wildman–Crippen MR) is 81.0 cm³/mol. The minimum absolute atomic E-state index is 0.235. The Labute approximate surface area is 125 Å². The van der Waals surface area contributed by atoms with E-state index >= 15 is 0 Å². The van der Waals surface area contributed by atoms with Gasteiger partial charge in [-0.3, -0.25) is 4.90 Å². The third kappa shape index (κ3) is 3.99. The molecule has 1 aliphatic heterocycles. The van der Waals surface area contributed by atoms with Gasteiger partial charge in [0.15, 0.2) is 11.6 Å². The first kappa shape index (κ1) is 16.3. The average Bonchev–Trinajstić information content (AvgIpc) is 2.45. The van der Waals surface area contributed by atoms with E-state index in [1.54, 1.807) is 12.1 Å². The van der Waals surface area contributed by atoms with Gasteiger partial charge < -0.3 is 10.6 Å². The summed E-state index contributed by atoms with van der Waals surface area (Å²) in [7, 11) is 4.16. The smallest absolute Gasteiger partial charge is 0.163 e. The van der Waals surface area contributed by atoms with Crippen molar-refractivity contribution in [1.29, 1.82) is 0 Å². The molecule has 1 aromatic carbocycles. The lowest BCUT2D eigenvalue weighted by Gasteiger charge is -2.38. The second kappa shape index (κ2) is 7.29. The molecule has 0 bridgehead atoms. The standard InChI is InChI=1S/C16H25F2N3/c1-20(2)11-12-6-8-21(9-7-12)15(10-19)13-4-3-5-14(17)16(13)18/h3-5,12,15H,6-11,19H2,1-2H3. The molecule has 3 nitrogen and oxygen atoms in total.